The first kappa shape index (κ1) is 14.2. The smallest absolute Gasteiger partial charge is 0.302 e. The molecule has 0 unspecified atom stereocenters. The molecule has 1 fully saturated rings. The maximum Gasteiger partial charge on any atom is 0.307 e. The molecule has 0 amide bonds. The minimum absolute atomic E-state index is 0.128. The van der Waals surface area contributed by atoms with Gasteiger partial charge >= 0.3 is 4.87 Å². The second-order valence-corrected chi connectivity index (χ2v) is 7.50. The summed E-state index contributed by atoms with van der Waals surface area (Å²) in [6.07, 6.45) is 2.31. The fraction of sp³-hybridized carbons (Fsp3) is 0.533. The Morgan fingerprint density at radius 2 is 2.05 bits per heavy atom. The first-order valence-electron chi connectivity index (χ1n) is 7.12. The first-order chi connectivity index (χ1) is 9.74. The van der Waals surface area contributed by atoms with Gasteiger partial charge in [0, 0.05) is 31.6 Å². The highest BCUT2D eigenvalue weighted by Crippen LogP contribution is 2.19. The van der Waals surface area contributed by atoms with Crippen LogP contribution in [0.1, 0.15) is 12.0 Å². The van der Waals surface area contributed by atoms with Crippen molar-refractivity contribution in [3.8, 4) is 0 Å². The van der Waals surface area contributed by atoms with Gasteiger partial charge in [0.25, 0.3) is 0 Å². The third-order valence-electron chi connectivity index (χ3n) is 3.90. The summed E-state index contributed by atoms with van der Waals surface area (Å²) in [5.74, 6) is 2.56. The molecule has 1 aliphatic rings. The highest BCUT2D eigenvalue weighted by atomic mass is 32.2. The van der Waals surface area contributed by atoms with Crippen LogP contribution in [-0.4, -0.2) is 40.6 Å². The minimum Gasteiger partial charge on any atom is -0.302 e. The summed E-state index contributed by atoms with van der Waals surface area (Å²) in [6, 6.07) is 6.44. The molecule has 3 rings (SSSR count). The highest BCUT2D eigenvalue weighted by Gasteiger charge is 2.10. The van der Waals surface area contributed by atoms with Gasteiger partial charge in [-0.05, 0) is 37.1 Å². The van der Waals surface area contributed by atoms with E-state index < -0.39 is 0 Å². The van der Waals surface area contributed by atoms with Gasteiger partial charge in [0.05, 0.1) is 10.2 Å². The molecular formula is C15H20N2OS2. The topological polar surface area (TPSA) is 25.2 Å². The number of rotatable bonds is 4. The molecule has 2 aromatic rings. The van der Waals surface area contributed by atoms with Crippen LogP contribution in [-0.2, 0) is 13.5 Å². The molecular weight excluding hydrogens is 288 g/mol. The molecule has 0 N–H and O–H groups in total. The van der Waals surface area contributed by atoms with Crippen molar-refractivity contribution in [2.75, 3.05) is 31.1 Å². The Morgan fingerprint density at radius 1 is 1.25 bits per heavy atom. The zero-order valence-electron chi connectivity index (χ0n) is 11.8. The van der Waals surface area contributed by atoms with Crippen LogP contribution in [0.5, 0.6) is 0 Å². The van der Waals surface area contributed by atoms with Crippen molar-refractivity contribution in [2.24, 2.45) is 7.05 Å². The molecule has 20 heavy (non-hydrogen) atoms. The van der Waals surface area contributed by atoms with Gasteiger partial charge in [0.2, 0.25) is 0 Å². The van der Waals surface area contributed by atoms with Gasteiger partial charge in [0.15, 0.2) is 0 Å². The predicted molar refractivity (Wildman–Crippen MR) is 89.2 cm³/mol. The highest BCUT2D eigenvalue weighted by molar-refractivity contribution is 7.99. The molecule has 0 atom stereocenters. The fourth-order valence-corrected chi connectivity index (χ4v) is 4.59. The molecule has 108 valence electrons. The Labute approximate surface area is 127 Å². The van der Waals surface area contributed by atoms with E-state index in [1.54, 1.807) is 4.57 Å². The summed E-state index contributed by atoms with van der Waals surface area (Å²) < 4.78 is 2.85. The maximum atomic E-state index is 11.6. The third-order valence-corrected chi connectivity index (χ3v) is 5.84. The van der Waals surface area contributed by atoms with E-state index in [0.29, 0.717) is 0 Å². The molecule has 0 spiro atoms. The quantitative estimate of drug-likeness (QED) is 0.868. The monoisotopic (exact) mass is 308 g/mol. The summed E-state index contributed by atoms with van der Waals surface area (Å²) in [5, 5.41) is 0. The van der Waals surface area contributed by atoms with Gasteiger partial charge in [0.1, 0.15) is 0 Å². The van der Waals surface area contributed by atoms with Gasteiger partial charge in [-0.25, -0.2) is 0 Å². The van der Waals surface area contributed by atoms with Gasteiger partial charge in [-0.2, -0.15) is 11.8 Å². The lowest BCUT2D eigenvalue weighted by atomic mass is 10.1. The standard InChI is InChI=1S/C15H20N2OS2/c1-16-13-5-4-12(11-14(13)20-15(16)18)3-2-6-17-7-9-19-10-8-17/h4-5,11H,2-3,6-10H2,1H3. The zero-order valence-corrected chi connectivity index (χ0v) is 13.4. The SMILES string of the molecule is Cn1c(=O)sc2cc(CCCN3CCSCC3)ccc21. The van der Waals surface area contributed by atoms with Crippen molar-refractivity contribution in [1.29, 1.82) is 0 Å². The second kappa shape index (κ2) is 6.33. The summed E-state index contributed by atoms with van der Waals surface area (Å²) in [6.45, 7) is 3.68. The van der Waals surface area contributed by atoms with Crippen LogP contribution in [0.25, 0.3) is 10.2 Å². The third kappa shape index (κ3) is 3.10. The lowest BCUT2D eigenvalue weighted by Crippen LogP contribution is -2.33. The normalized spacial score (nSPS) is 16.9. The Hall–Kier alpha value is -0.780. The average Bonchev–Trinajstić information content (AvgIpc) is 2.75. The molecule has 1 aromatic carbocycles. The number of aryl methyl sites for hydroxylation is 2. The van der Waals surface area contributed by atoms with Gasteiger partial charge < -0.3 is 9.47 Å². The van der Waals surface area contributed by atoms with E-state index in [1.165, 1.54) is 54.5 Å². The molecule has 1 saturated heterocycles. The molecule has 0 radical (unpaired) electrons. The van der Waals surface area contributed by atoms with E-state index in [1.807, 2.05) is 7.05 Å². The summed E-state index contributed by atoms with van der Waals surface area (Å²) in [4.78, 5) is 14.3. The van der Waals surface area contributed by atoms with Crippen molar-refractivity contribution in [2.45, 2.75) is 12.8 Å². The number of aromatic nitrogens is 1. The first-order valence-corrected chi connectivity index (χ1v) is 9.10. The lowest BCUT2D eigenvalue weighted by Gasteiger charge is -2.25. The van der Waals surface area contributed by atoms with E-state index in [2.05, 4.69) is 34.9 Å². The fourth-order valence-electron chi connectivity index (χ4n) is 2.67. The Morgan fingerprint density at radius 3 is 2.85 bits per heavy atom. The van der Waals surface area contributed by atoms with Crippen molar-refractivity contribution >= 4 is 33.3 Å². The van der Waals surface area contributed by atoms with Gasteiger partial charge in [-0.15, -0.1) is 0 Å². The van der Waals surface area contributed by atoms with Crippen molar-refractivity contribution in [3.63, 3.8) is 0 Å². The molecule has 0 saturated carbocycles. The number of fused-ring (bicyclic) bond motifs is 1. The largest absolute Gasteiger partial charge is 0.307 e. The lowest BCUT2D eigenvalue weighted by molar-refractivity contribution is 0.299. The van der Waals surface area contributed by atoms with Crippen LogP contribution < -0.4 is 4.87 Å². The van der Waals surface area contributed by atoms with Gasteiger partial charge in [-0.1, -0.05) is 17.4 Å². The molecule has 2 heterocycles. The Balaban J connectivity index is 1.61. The second-order valence-electron chi connectivity index (χ2n) is 5.29. The molecule has 1 aliphatic heterocycles. The Kier molecular flexibility index (Phi) is 4.48. The van der Waals surface area contributed by atoms with Gasteiger partial charge in [-0.3, -0.25) is 4.79 Å². The van der Waals surface area contributed by atoms with E-state index >= 15 is 0 Å². The van der Waals surface area contributed by atoms with Crippen LogP contribution in [0.3, 0.4) is 0 Å². The molecule has 3 nitrogen and oxygen atoms in total. The molecule has 5 heteroatoms. The maximum absolute atomic E-state index is 11.6. The summed E-state index contributed by atoms with van der Waals surface area (Å²) in [5.41, 5.74) is 2.41. The van der Waals surface area contributed by atoms with E-state index in [-0.39, 0.29) is 4.87 Å². The number of hydrogen-bond donors (Lipinski definition) is 0. The average molecular weight is 308 g/mol. The van der Waals surface area contributed by atoms with Crippen LogP contribution in [0.15, 0.2) is 23.0 Å². The molecule has 0 aliphatic carbocycles. The van der Waals surface area contributed by atoms with Crippen LogP contribution >= 0.6 is 23.1 Å². The minimum atomic E-state index is 0.128. The van der Waals surface area contributed by atoms with Crippen LogP contribution in [0.2, 0.25) is 0 Å². The number of hydrogen-bond acceptors (Lipinski definition) is 4. The van der Waals surface area contributed by atoms with Crippen molar-refractivity contribution in [3.05, 3.63) is 33.4 Å². The Bertz CT molecular complexity index is 641. The van der Waals surface area contributed by atoms with E-state index in [9.17, 15) is 4.79 Å². The number of thioether (sulfide) groups is 1. The van der Waals surface area contributed by atoms with Crippen LogP contribution in [0, 0.1) is 0 Å². The molecule has 0 bridgehead atoms. The number of nitrogens with zero attached hydrogens (tertiary/aromatic N) is 2. The molecule has 1 aromatic heterocycles. The van der Waals surface area contributed by atoms with Crippen molar-refractivity contribution < 1.29 is 0 Å². The van der Waals surface area contributed by atoms with E-state index in [4.69, 9.17) is 0 Å². The number of thiazole rings is 1. The van der Waals surface area contributed by atoms with Crippen molar-refractivity contribution in [1.82, 2.24) is 9.47 Å². The summed E-state index contributed by atoms with van der Waals surface area (Å²) in [7, 11) is 1.84. The van der Waals surface area contributed by atoms with E-state index in [0.717, 1.165) is 16.6 Å². The zero-order chi connectivity index (χ0) is 13.9. The predicted octanol–water partition coefficient (Wildman–Crippen LogP) is 2.58. The number of benzene rings is 1. The van der Waals surface area contributed by atoms with Crippen LogP contribution in [0.4, 0.5) is 0 Å². The summed E-state index contributed by atoms with van der Waals surface area (Å²) >= 11 is 3.41.